The van der Waals surface area contributed by atoms with Crippen molar-refractivity contribution >= 4 is 45.1 Å². The summed E-state index contributed by atoms with van der Waals surface area (Å²) in [6.45, 7) is 5.44. The number of carbonyl (C=O) groups is 2. The summed E-state index contributed by atoms with van der Waals surface area (Å²) in [5, 5.41) is 38.4. The van der Waals surface area contributed by atoms with Crippen LogP contribution in [0.15, 0.2) is 108 Å². The summed E-state index contributed by atoms with van der Waals surface area (Å²) in [4.78, 5) is 40.1. The van der Waals surface area contributed by atoms with Crippen LogP contribution in [0.1, 0.15) is 35.3 Å². The summed E-state index contributed by atoms with van der Waals surface area (Å²) in [5.74, 6) is -0.339. The van der Waals surface area contributed by atoms with E-state index >= 15 is 0 Å². The second-order valence-corrected chi connectivity index (χ2v) is 12.5. The number of nitrogens with one attached hydrogen (secondary N) is 1. The molecule has 2 amide bonds. The fourth-order valence-electron chi connectivity index (χ4n) is 5.26. The van der Waals surface area contributed by atoms with Crippen molar-refractivity contribution in [3.8, 4) is 22.9 Å². The summed E-state index contributed by atoms with van der Waals surface area (Å²) >= 11 is 0.825. The molecule has 0 bridgehead atoms. The SMILES string of the molecule is Cc1ccccc1NC(=O)c1cc(Oc2ccc([N+](=O)[O-])cc2CN(C(=O)Sc2nnnn2-c2ccccc2)C(C)C)c2ccccc2c1O. The van der Waals surface area contributed by atoms with Crippen LogP contribution in [-0.4, -0.2) is 52.3 Å². The fourth-order valence-corrected chi connectivity index (χ4v) is 6.11. The molecule has 0 aliphatic rings. The Balaban J connectivity index is 1.35. The van der Waals surface area contributed by atoms with Gasteiger partial charge in [-0.2, -0.15) is 4.68 Å². The molecule has 50 heavy (non-hydrogen) atoms. The Labute approximate surface area is 290 Å². The molecule has 0 atom stereocenters. The first-order valence-electron chi connectivity index (χ1n) is 15.5. The van der Waals surface area contributed by atoms with Gasteiger partial charge in [-0.15, -0.1) is 5.10 Å². The number of fused-ring (bicyclic) bond motifs is 1. The number of benzene rings is 5. The molecule has 14 heteroatoms. The van der Waals surface area contributed by atoms with Crippen molar-refractivity contribution in [3.63, 3.8) is 0 Å². The van der Waals surface area contributed by atoms with E-state index in [-0.39, 0.29) is 46.2 Å². The molecule has 2 N–H and O–H groups in total. The highest BCUT2D eigenvalue weighted by molar-refractivity contribution is 8.13. The zero-order chi connectivity index (χ0) is 35.4. The maximum atomic E-state index is 13.8. The highest BCUT2D eigenvalue weighted by Gasteiger charge is 2.26. The van der Waals surface area contributed by atoms with Crippen LogP contribution in [0.25, 0.3) is 16.5 Å². The Bertz CT molecular complexity index is 2220. The maximum Gasteiger partial charge on any atom is 0.290 e. The van der Waals surface area contributed by atoms with Gasteiger partial charge >= 0.3 is 0 Å². The van der Waals surface area contributed by atoms with Gasteiger partial charge in [0.2, 0.25) is 5.16 Å². The van der Waals surface area contributed by atoms with Crippen LogP contribution in [0.4, 0.5) is 16.2 Å². The van der Waals surface area contributed by atoms with Crippen LogP contribution in [0, 0.1) is 17.0 Å². The predicted molar refractivity (Wildman–Crippen MR) is 189 cm³/mol. The Hall–Kier alpha value is -6.28. The maximum absolute atomic E-state index is 13.8. The standard InChI is InChI=1S/C36H31N7O6S/c1-22(2)41(36(46)50-35-38-39-40-42(35)25-12-5-4-6-13-25)21-24-19-26(43(47)48)17-18-31(24)49-32-20-29(33(44)28-15-9-8-14-27(28)32)34(45)37-30-16-10-7-11-23(30)3/h4-20,22,44H,21H2,1-3H3,(H,37,45). The number of non-ortho nitro benzene ring substituents is 1. The topological polar surface area (TPSA) is 166 Å². The molecule has 0 aliphatic carbocycles. The number of hydrogen-bond acceptors (Lipinski definition) is 10. The minimum atomic E-state index is -0.553. The lowest BCUT2D eigenvalue weighted by atomic mass is 10.0. The van der Waals surface area contributed by atoms with Crippen molar-refractivity contribution in [3.05, 3.63) is 130 Å². The number of aryl methyl sites for hydroxylation is 1. The number of aromatic nitrogens is 4. The molecule has 0 saturated heterocycles. The van der Waals surface area contributed by atoms with E-state index in [4.69, 9.17) is 4.74 Å². The van der Waals surface area contributed by atoms with E-state index in [0.717, 1.165) is 17.3 Å². The van der Waals surface area contributed by atoms with Gasteiger partial charge in [0.15, 0.2) is 0 Å². The van der Waals surface area contributed by atoms with E-state index in [9.17, 15) is 24.8 Å². The summed E-state index contributed by atoms with van der Waals surface area (Å²) in [7, 11) is 0. The van der Waals surface area contributed by atoms with Crippen molar-refractivity contribution in [2.75, 3.05) is 5.32 Å². The van der Waals surface area contributed by atoms with Gasteiger partial charge in [0, 0.05) is 52.0 Å². The minimum Gasteiger partial charge on any atom is -0.506 e. The molecule has 0 radical (unpaired) electrons. The van der Waals surface area contributed by atoms with Gasteiger partial charge in [0.25, 0.3) is 16.8 Å². The number of carbonyl (C=O) groups excluding carboxylic acids is 2. The van der Waals surface area contributed by atoms with Gasteiger partial charge in [-0.05, 0) is 67.1 Å². The molecular formula is C36H31N7O6S. The molecule has 0 unspecified atom stereocenters. The third-order valence-corrected chi connectivity index (χ3v) is 8.76. The van der Waals surface area contributed by atoms with Crippen LogP contribution >= 0.6 is 11.8 Å². The molecule has 1 heterocycles. The van der Waals surface area contributed by atoms with Gasteiger partial charge in [-0.3, -0.25) is 19.7 Å². The molecule has 13 nitrogen and oxygen atoms in total. The summed E-state index contributed by atoms with van der Waals surface area (Å²) < 4.78 is 7.88. The van der Waals surface area contributed by atoms with Crippen LogP contribution in [-0.2, 0) is 6.54 Å². The molecular weight excluding hydrogens is 659 g/mol. The lowest BCUT2D eigenvalue weighted by Crippen LogP contribution is -2.34. The first-order chi connectivity index (χ1) is 24.1. The van der Waals surface area contributed by atoms with E-state index in [2.05, 4.69) is 20.8 Å². The normalized spacial score (nSPS) is 11.0. The van der Waals surface area contributed by atoms with Crippen molar-refractivity contribution in [1.29, 1.82) is 0 Å². The lowest BCUT2D eigenvalue weighted by Gasteiger charge is -2.27. The van der Waals surface area contributed by atoms with Crippen molar-refractivity contribution in [2.24, 2.45) is 0 Å². The molecule has 6 aromatic rings. The third-order valence-electron chi connectivity index (χ3n) is 7.91. The van der Waals surface area contributed by atoms with E-state index in [0.29, 0.717) is 27.7 Å². The summed E-state index contributed by atoms with van der Waals surface area (Å²) in [6.07, 6.45) is 0. The Morgan fingerprint density at radius 1 is 0.960 bits per heavy atom. The smallest absolute Gasteiger partial charge is 0.290 e. The summed E-state index contributed by atoms with van der Waals surface area (Å²) in [6, 6.07) is 28.5. The zero-order valence-corrected chi connectivity index (χ0v) is 28.0. The second kappa shape index (κ2) is 14.5. The highest BCUT2D eigenvalue weighted by atomic mass is 32.2. The van der Waals surface area contributed by atoms with Gasteiger partial charge in [-0.25, -0.2) is 0 Å². The van der Waals surface area contributed by atoms with Crippen molar-refractivity contribution in [1.82, 2.24) is 25.1 Å². The van der Waals surface area contributed by atoms with Crippen LogP contribution < -0.4 is 10.1 Å². The number of anilines is 1. The number of nitro benzene ring substituents is 1. The average molecular weight is 690 g/mol. The first-order valence-corrected chi connectivity index (χ1v) is 16.3. The van der Waals surface area contributed by atoms with Crippen LogP contribution in [0.5, 0.6) is 17.2 Å². The van der Waals surface area contributed by atoms with Crippen molar-refractivity contribution < 1.29 is 24.4 Å². The minimum absolute atomic E-state index is 0.0306. The average Bonchev–Trinajstić information content (AvgIpc) is 3.58. The van der Waals surface area contributed by atoms with Crippen LogP contribution in [0.2, 0.25) is 0 Å². The quantitative estimate of drug-likeness (QED) is 0.0820. The molecule has 6 rings (SSSR count). The van der Waals surface area contributed by atoms with E-state index in [1.54, 1.807) is 36.4 Å². The molecule has 0 aliphatic heterocycles. The monoisotopic (exact) mass is 689 g/mol. The van der Waals surface area contributed by atoms with E-state index in [1.165, 1.54) is 33.8 Å². The van der Waals surface area contributed by atoms with Gasteiger partial charge in [0.05, 0.1) is 22.7 Å². The number of rotatable bonds is 10. The number of phenolic OH excluding ortho intramolecular Hbond substituents is 1. The number of tetrazole rings is 1. The lowest BCUT2D eigenvalue weighted by molar-refractivity contribution is -0.384. The Morgan fingerprint density at radius 3 is 2.38 bits per heavy atom. The largest absolute Gasteiger partial charge is 0.506 e. The van der Waals surface area contributed by atoms with Crippen molar-refractivity contribution in [2.45, 2.75) is 38.5 Å². The number of para-hydroxylation sites is 2. The second-order valence-electron chi connectivity index (χ2n) is 11.5. The Kier molecular flexibility index (Phi) is 9.72. The molecule has 5 aromatic carbocycles. The number of aromatic hydroxyl groups is 1. The van der Waals surface area contributed by atoms with Crippen LogP contribution in [0.3, 0.4) is 0 Å². The van der Waals surface area contributed by atoms with Gasteiger partial charge in [-0.1, -0.05) is 60.7 Å². The van der Waals surface area contributed by atoms with Gasteiger partial charge in [0.1, 0.15) is 17.2 Å². The molecule has 0 fully saturated rings. The third kappa shape index (κ3) is 7.10. The molecule has 0 saturated carbocycles. The first kappa shape index (κ1) is 33.6. The molecule has 1 aromatic heterocycles. The van der Waals surface area contributed by atoms with E-state index in [1.807, 2.05) is 63.2 Å². The predicted octanol–water partition coefficient (Wildman–Crippen LogP) is 7.91. The van der Waals surface area contributed by atoms with Gasteiger partial charge < -0.3 is 20.1 Å². The number of nitrogens with zero attached hydrogens (tertiary/aromatic N) is 6. The molecule has 0 spiro atoms. The molecule has 252 valence electrons. The number of phenols is 1. The summed E-state index contributed by atoms with van der Waals surface area (Å²) in [5.41, 5.74) is 2.21. The number of hydrogen-bond donors (Lipinski definition) is 2. The number of thioether (sulfide) groups is 1. The highest BCUT2D eigenvalue weighted by Crippen LogP contribution is 2.40. The number of nitro groups is 1. The fraction of sp³-hybridized carbons (Fsp3) is 0.139. The number of ether oxygens (including phenoxy) is 1. The van der Waals surface area contributed by atoms with E-state index < -0.39 is 16.1 Å². The Morgan fingerprint density at radius 2 is 1.66 bits per heavy atom. The number of amides is 2. The zero-order valence-electron chi connectivity index (χ0n) is 27.2.